The van der Waals surface area contributed by atoms with Crippen molar-refractivity contribution in [2.24, 2.45) is 0 Å². The number of rotatable bonds is 7. The molecule has 1 heterocycles. The van der Waals surface area contributed by atoms with E-state index in [-0.39, 0.29) is 12.8 Å². The average Bonchev–Trinajstić information content (AvgIpc) is 3.17. The Morgan fingerprint density at radius 3 is 2.31 bits per heavy atom. The quantitative estimate of drug-likeness (QED) is 0.409. The van der Waals surface area contributed by atoms with Gasteiger partial charge in [0.05, 0.1) is 25.1 Å². The number of hydrazine groups is 1. The Kier molecular flexibility index (Phi) is 7.44. The van der Waals surface area contributed by atoms with Crippen molar-refractivity contribution >= 4 is 29.3 Å². The number of carbonyl (C=O) groups is 4. The Morgan fingerprint density at radius 2 is 1.64 bits per heavy atom. The van der Waals surface area contributed by atoms with E-state index >= 15 is 0 Å². The highest BCUT2D eigenvalue weighted by atomic mass is 16.5. The molecular weight excluding hydrogens is 458 g/mol. The van der Waals surface area contributed by atoms with Gasteiger partial charge in [-0.2, -0.15) is 0 Å². The highest BCUT2D eigenvalue weighted by Crippen LogP contribution is 2.27. The van der Waals surface area contributed by atoms with Crippen LogP contribution < -0.4 is 15.1 Å². The Balaban J connectivity index is 1.62. The molecule has 4 rings (SSSR count). The van der Waals surface area contributed by atoms with E-state index in [0.717, 1.165) is 21.0 Å². The molecule has 3 aromatic rings. The van der Waals surface area contributed by atoms with Crippen LogP contribution in [0.15, 0.2) is 78.9 Å². The first-order valence-corrected chi connectivity index (χ1v) is 11.7. The fourth-order valence-electron chi connectivity index (χ4n) is 4.11. The summed E-state index contributed by atoms with van der Waals surface area (Å²) in [5.41, 5.74) is 4.79. The summed E-state index contributed by atoms with van der Waals surface area (Å²) in [5.74, 6) is -1.47. The van der Waals surface area contributed by atoms with Crippen LogP contribution in [0, 0.1) is 6.92 Å². The first kappa shape index (κ1) is 24.7. The molecular formula is C28H27N3O5. The number of nitrogens with one attached hydrogen (secondary N) is 1. The summed E-state index contributed by atoms with van der Waals surface area (Å²) in [6.45, 7) is 4.13. The van der Waals surface area contributed by atoms with Crippen molar-refractivity contribution in [2.75, 3.05) is 11.5 Å². The molecule has 0 radical (unpaired) electrons. The molecule has 1 saturated heterocycles. The summed E-state index contributed by atoms with van der Waals surface area (Å²) in [5, 5.41) is 1.01. The van der Waals surface area contributed by atoms with Crippen molar-refractivity contribution < 1.29 is 23.9 Å². The van der Waals surface area contributed by atoms with Crippen LogP contribution in [0.25, 0.3) is 0 Å². The van der Waals surface area contributed by atoms with Crippen LogP contribution in [-0.4, -0.2) is 41.3 Å². The van der Waals surface area contributed by atoms with Crippen molar-refractivity contribution in [1.82, 2.24) is 10.4 Å². The fraction of sp³-hybridized carbons (Fsp3) is 0.214. The molecule has 4 amide bonds. The summed E-state index contributed by atoms with van der Waals surface area (Å²) >= 11 is 0. The molecule has 1 aliphatic rings. The first-order valence-electron chi connectivity index (χ1n) is 11.7. The van der Waals surface area contributed by atoms with Crippen LogP contribution in [0.4, 0.5) is 5.69 Å². The zero-order chi connectivity index (χ0) is 25.7. The molecule has 8 nitrogen and oxygen atoms in total. The standard InChI is InChI=1S/C28H27N3O5/c1-3-36-22-15-13-21(14-16-22)30-25(32)18-24(28(30)35)31(26(33)17-20-10-5-4-6-11-20)29-27(34)23-12-8-7-9-19(23)2/h4-16,24H,3,17-18H2,1-2H3,(H,29,34). The van der Waals surface area contributed by atoms with E-state index in [9.17, 15) is 19.2 Å². The number of carbonyl (C=O) groups excluding carboxylic acids is 4. The lowest BCUT2D eigenvalue weighted by atomic mass is 10.1. The molecule has 0 aromatic heterocycles. The molecule has 1 N–H and O–H groups in total. The summed E-state index contributed by atoms with van der Waals surface area (Å²) in [6, 6.07) is 21.4. The van der Waals surface area contributed by atoms with Gasteiger partial charge in [-0.15, -0.1) is 0 Å². The van der Waals surface area contributed by atoms with Crippen molar-refractivity contribution in [3.05, 3.63) is 95.6 Å². The van der Waals surface area contributed by atoms with Gasteiger partial charge in [-0.1, -0.05) is 48.5 Å². The molecule has 1 aliphatic heterocycles. The van der Waals surface area contributed by atoms with Crippen LogP contribution in [0.2, 0.25) is 0 Å². The third-order valence-corrected chi connectivity index (χ3v) is 5.92. The largest absolute Gasteiger partial charge is 0.494 e. The Hall–Kier alpha value is -4.46. The Labute approximate surface area is 209 Å². The van der Waals surface area contributed by atoms with Crippen molar-refractivity contribution in [1.29, 1.82) is 0 Å². The SMILES string of the molecule is CCOc1ccc(N2C(=O)CC(N(NC(=O)c3ccccc3C)C(=O)Cc3ccccc3)C2=O)cc1. The van der Waals surface area contributed by atoms with E-state index in [1.165, 1.54) is 0 Å². The Bertz CT molecular complexity index is 1270. The summed E-state index contributed by atoms with van der Waals surface area (Å²) in [7, 11) is 0. The van der Waals surface area contributed by atoms with E-state index < -0.39 is 29.7 Å². The average molecular weight is 486 g/mol. The Morgan fingerprint density at radius 1 is 0.972 bits per heavy atom. The van der Waals surface area contributed by atoms with Crippen molar-refractivity contribution in [2.45, 2.75) is 32.7 Å². The topological polar surface area (TPSA) is 96.0 Å². The van der Waals surface area contributed by atoms with Crippen LogP contribution in [-0.2, 0) is 20.8 Å². The van der Waals surface area contributed by atoms with Gasteiger partial charge in [-0.3, -0.25) is 24.6 Å². The molecule has 0 spiro atoms. The molecule has 1 fully saturated rings. The number of aryl methyl sites for hydroxylation is 1. The van der Waals surface area contributed by atoms with Gasteiger partial charge in [-0.05, 0) is 55.3 Å². The number of anilines is 1. The minimum Gasteiger partial charge on any atom is -0.494 e. The van der Waals surface area contributed by atoms with Crippen molar-refractivity contribution in [3.63, 3.8) is 0 Å². The molecule has 3 aromatic carbocycles. The maximum Gasteiger partial charge on any atom is 0.270 e. The van der Waals surface area contributed by atoms with E-state index in [0.29, 0.717) is 23.6 Å². The lowest BCUT2D eigenvalue weighted by Crippen LogP contribution is -2.55. The smallest absolute Gasteiger partial charge is 0.270 e. The summed E-state index contributed by atoms with van der Waals surface area (Å²) in [6.07, 6.45) is -0.295. The maximum atomic E-state index is 13.4. The summed E-state index contributed by atoms with van der Waals surface area (Å²) in [4.78, 5) is 53.9. The molecule has 0 saturated carbocycles. The predicted molar refractivity (Wildman–Crippen MR) is 134 cm³/mol. The van der Waals surface area contributed by atoms with E-state index in [1.54, 1.807) is 79.7 Å². The van der Waals surface area contributed by atoms with E-state index in [1.807, 2.05) is 13.0 Å². The minimum atomic E-state index is -1.17. The van der Waals surface area contributed by atoms with Crippen LogP contribution >= 0.6 is 0 Å². The first-order chi connectivity index (χ1) is 17.4. The number of ether oxygens (including phenoxy) is 1. The number of hydrogen-bond donors (Lipinski definition) is 1. The van der Waals surface area contributed by atoms with Crippen LogP contribution in [0.5, 0.6) is 5.75 Å². The second-order valence-corrected chi connectivity index (χ2v) is 8.40. The molecule has 1 unspecified atom stereocenters. The van der Waals surface area contributed by atoms with Gasteiger partial charge in [0.25, 0.3) is 11.8 Å². The van der Waals surface area contributed by atoms with Gasteiger partial charge < -0.3 is 4.74 Å². The lowest BCUT2D eigenvalue weighted by Gasteiger charge is -2.28. The zero-order valence-electron chi connectivity index (χ0n) is 20.1. The van der Waals surface area contributed by atoms with Crippen LogP contribution in [0.1, 0.15) is 34.8 Å². The van der Waals surface area contributed by atoms with Gasteiger partial charge in [0, 0.05) is 5.56 Å². The third kappa shape index (κ3) is 5.27. The molecule has 0 bridgehead atoms. The number of nitrogens with zero attached hydrogens (tertiary/aromatic N) is 2. The van der Waals surface area contributed by atoms with E-state index in [2.05, 4.69) is 5.43 Å². The molecule has 8 heteroatoms. The predicted octanol–water partition coefficient (Wildman–Crippen LogP) is 3.44. The van der Waals surface area contributed by atoms with Crippen molar-refractivity contribution in [3.8, 4) is 5.75 Å². The van der Waals surface area contributed by atoms with Crippen LogP contribution in [0.3, 0.4) is 0 Å². The molecule has 0 aliphatic carbocycles. The van der Waals surface area contributed by atoms with Gasteiger partial charge in [0.2, 0.25) is 11.8 Å². The van der Waals surface area contributed by atoms with E-state index in [4.69, 9.17) is 4.74 Å². The second kappa shape index (κ2) is 10.9. The number of benzene rings is 3. The highest BCUT2D eigenvalue weighted by Gasteiger charge is 2.45. The van der Waals surface area contributed by atoms with Gasteiger partial charge in [-0.25, -0.2) is 9.91 Å². The van der Waals surface area contributed by atoms with Gasteiger partial charge in [0.1, 0.15) is 11.8 Å². The summed E-state index contributed by atoms with van der Waals surface area (Å²) < 4.78 is 5.43. The van der Waals surface area contributed by atoms with Gasteiger partial charge >= 0.3 is 0 Å². The minimum absolute atomic E-state index is 0.0457. The molecule has 36 heavy (non-hydrogen) atoms. The number of imide groups is 1. The lowest BCUT2D eigenvalue weighted by molar-refractivity contribution is -0.140. The fourth-order valence-corrected chi connectivity index (χ4v) is 4.11. The second-order valence-electron chi connectivity index (χ2n) is 8.40. The highest BCUT2D eigenvalue weighted by molar-refractivity contribution is 6.23. The normalized spacial score (nSPS) is 15.1. The van der Waals surface area contributed by atoms with Gasteiger partial charge in [0.15, 0.2) is 0 Å². The molecule has 184 valence electrons. The third-order valence-electron chi connectivity index (χ3n) is 5.92. The molecule has 1 atom stereocenters. The number of amides is 4. The maximum absolute atomic E-state index is 13.4. The monoisotopic (exact) mass is 485 g/mol. The zero-order valence-corrected chi connectivity index (χ0v) is 20.1. The number of hydrogen-bond acceptors (Lipinski definition) is 5.